The predicted molar refractivity (Wildman–Crippen MR) is 55.0 cm³/mol. The number of nitrogens with zero attached hydrogens (tertiary/aromatic N) is 3. The molecule has 1 aromatic carbocycles. The lowest BCUT2D eigenvalue weighted by Crippen LogP contribution is -1.87. The van der Waals surface area contributed by atoms with Crippen molar-refractivity contribution in [2.45, 2.75) is 0 Å². The molecule has 0 amide bonds. The smallest absolute Gasteiger partial charge is 0.166 e. The standard InChI is InChI=1S/C11H7N3O/c1-2-4-10-8(3-1)9(5-15-10)11-13-6-12-7-14-11/h1-7H. The third kappa shape index (κ3) is 1.27. The lowest BCUT2D eigenvalue weighted by Gasteiger charge is -1.93. The average Bonchev–Trinajstić information content (AvgIpc) is 2.74. The second-order valence-electron chi connectivity index (χ2n) is 3.11. The number of rotatable bonds is 1. The van der Waals surface area contributed by atoms with Crippen LogP contribution in [0.15, 0.2) is 47.6 Å². The third-order valence-electron chi connectivity index (χ3n) is 2.22. The number of benzene rings is 1. The van der Waals surface area contributed by atoms with Gasteiger partial charge in [0.25, 0.3) is 0 Å². The molecule has 0 fully saturated rings. The average molecular weight is 197 g/mol. The van der Waals surface area contributed by atoms with E-state index in [1.165, 1.54) is 12.7 Å². The Bertz CT molecular complexity index is 589. The molecule has 2 aromatic heterocycles. The fourth-order valence-corrected chi connectivity index (χ4v) is 1.53. The first-order valence-electron chi connectivity index (χ1n) is 4.54. The van der Waals surface area contributed by atoms with Crippen molar-refractivity contribution in [2.75, 3.05) is 0 Å². The molecule has 4 heteroatoms. The third-order valence-corrected chi connectivity index (χ3v) is 2.22. The first-order valence-corrected chi connectivity index (χ1v) is 4.54. The Morgan fingerprint density at radius 1 is 1.00 bits per heavy atom. The molecule has 0 atom stereocenters. The van der Waals surface area contributed by atoms with Crippen LogP contribution in [0.5, 0.6) is 0 Å². The Labute approximate surface area is 85.6 Å². The maximum atomic E-state index is 5.40. The molecular formula is C11H7N3O. The summed E-state index contributed by atoms with van der Waals surface area (Å²) in [5.41, 5.74) is 1.74. The van der Waals surface area contributed by atoms with Gasteiger partial charge in [-0.25, -0.2) is 15.0 Å². The lowest BCUT2D eigenvalue weighted by molar-refractivity contribution is 0.616. The predicted octanol–water partition coefficient (Wildman–Crippen LogP) is 2.28. The molecule has 3 rings (SSSR count). The van der Waals surface area contributed by atoms with Crippen LogP contribution in [0.4, 0.5) is 0 Å². The minimum atomic E-state index is 0.634. The van der Waals surface area contributed by atoms with Crippen molar-refractivity contribution < 1.29 is 4.42 Å². The first-order chi connectivity index (χ1) is 7.45. The van der Waals surface area contributed by atoms with Crippen molar-refractivity contribution in [1.82, 2.24) is 15.0 Å². The van der Waals surface area contributed by atoms with Gasteiger partial charge in [-0.15, -0.1) is 0 Å². The topological polar surface area (TPSA) is 51.8 Å². The second-order valence-corrected chi connectivity index (χ2v) is 3.11. The highest BCUT2D eigenvalue weighted by molar-refractivity contribution is 5.91. The molecule has 0 aliphatic carbocycles. The fraction of sp³-hybridized carbons (Fsp3) is 0. The molecule has 0 saturated carbocycles. The van der Waals surface area contributed by atoms with Crippen LogP contribution >= 0.6 is 0 Å². The van der Waals surface area contributed by atoms with E-state index in [0.717, 1.165) is 16.5 Å². The van der Waals surface area contributed by atoms with Crippen molar-refractivity contribution in [3.05, 3.63) is 43.2 Å². The number of aromatic nitrogens is 3. The summed E-state index contributed by atoms with van der Waals surface area (Å²) in [7, 11) is 0. The van der Waals surface area contributed by atoms with Gasteiger partial charge in [-0.3, -0.25) is 0 Å². The maximum absolute atomic E-state index is 5.40. The summed E-state index contributed by atoms with van der Waals surface area (Å²) in [6.45, 7) is 0. The van der Waals surface area contributed by atoms with E-state index in [4.69, 9.17) is 4.42 Å². The highest BCUT2D eigenvalue weighted by Crippen LogP contribution is 2.27. The monoisotopic (exact) mass is 197 g/mol. The Morgan fingerprint density at radius 2 is 1.80 bits per heavy atom. The molecule has 0 spiro atoms. The van der Waals surface area contributed by atoms with Crippen LogP contribution < -0.4 is 0 Å². The summed E-state index contributed by atoms with van der Waals surface area (Å²) >= 11 is 0. The van der Waals surface area contributed by atoms with Crippen LogP contribution in [-0.2, 0) is 0 Å². The van der Waals surface area contributed by atoms with E-state index in [2.05, 4.69) is 15.0 Å². The van der Waals surface area contributed by atoms with E-state index in [9.17, 15) is 0 Å². The van der Waals surface area contributed by atoms with Crippen LogP contribution in [0, 0.1) is 0 Å². The minimum absolute atomic E-state index is 0.634. The molecule has 72 valence electrons. The number of hydrogen-bond donors (Lipinski definition) is 0. The molecule has 3 aromatic rings. The van der Waals surface area contributed by atoms with E-state index in [1.54, 1.807) is 6.26 Å². The van der Waals surface area contributed by atoms with E-state index in [-0.39, 0.29) is 0 Å². The molecule has 2 heterocycles. The van der Waals surface area contributed by atoms with Gasteiger partial charge in [-0.2, -0.15) is 0 Å². The summed E-state index contributed by atoms with van der Waals surface area (Å²) in [6.07, 6.45) is 4.62. The van der Waals surface area contributed by atoms with Crippen molar-refractivity contribution in [2.24, 2.45) is 0 Å². The SMILES string of the molecule is c1ccc2c(-c3ncncn3)coc2c1. The normalized spacial score (nSPS) is 10.7. The second kappa shape index (κ2) is 3.16. The summed E-state index contributed by atoms with van der Waals surface area (Å²) in [5, 5.41) is 1.02. The zero-order valence-corrected chi connectivity index (χ0v) is 7.79. The van der Waals surface area contributed by atoms with Crippen LogP contribution in [0.1, 0.15) is 0 Å². The maximum Gasteiger partial charge on any atom is 0.166 e. The largest absolute Gasteiger partial charge is 0.464 e. The molecule has 4 nitrogen and oxygen atoms in total. The molecular weight excluding hydrogens is 190 g/mol. The van der Waals surface area contributed by atoms with Gasteiger partial charge in [0.15, 0.2) is 5.82 Å². The fourth-order valence-electron chi connectivity index (χ4n) is 1.53. The Balaban J connectivity index is 2.28. The first kappa shape index (κ1) is 8.11. The lowest BCUT2D eigenvalue weighted by atomic mass is 10.2. The number of hydrogen-bond acceptors (Lipinski definition) is 4. The zero-order chi connectivity index (χ0) is 10.1. The van der Waals surface area contributed by atoms with Crippen LogP contribution in [0.3, 0.4) is 0 Å². The van der Waals surface area contributed by atoms with Gasteiger partial charge in [0.05, 0.1) is 5.56 Å². The van der Waals surface area contributed by atoms with Gasteiger partial charge >= 0.3 is 0 Å². The minimum Gasteiger partial charge on any atom is -0.464 e. The van der Waals surface area contributed by atoms with Crippen LogP contribution in [0.2, 0.25) is 0 Å². The van der Waals surface area contributed by atoms with Gasteiger partial charge in [-0.1, -0.05) is 18.2 Å². The molecule has 0 radical (unpaired) electrons. The van der Waals surface area contributed by atoms with Crippen molar-refractivity contribution in [3.63, 3.8) is 0 Å². The van der Waals surface area contributed by atoms with Gasteiger partial charge < -0.3 is 4.42 Å². The van der Waals surface area contributed by atoms with Crippen molar-refractivity contribution in [3.8, 4) is 11.4 Å². The van der Waals surface area contributed by atoms with Crippen molar-refractivity contribution in [1.29, 1.82) is 0 Å². The van der Waals surface area contributed by atoms with E-state index >= 15 is 0 Å². The summed E-state index contributed by atoms with van der Waals surface area (Å²) in [6, 6.07) is 7.80. The van der Waals surface area contributed by atoms with Gasteiger partial charge in [0.1, 0.15) is 24.5 Å². The molecule has 0 aliphatic heterocycles. The molecule has 0 N–H and O–H groups in total. The molecule has 0 saturated heterocycles. The number of para-hydroxylation sites is 1. The van der Waals surface area contributed by atoms with Crippen LogP contribution in [-0.4, -0.2) is 15.0 Å². The number of furan rings is 1. The zero-order valence-electron chi connectivity index (χ0n) is 7.79. The molecule has 0 bridgehead atoms. The highest BCUT2D eigenvalue weighted by atomic mass is 16.3. The van der Waals surface area contributed by atoms with Crippen LogP contribution in [0.25, 0.3) is 22.4 Å². The number of fused-ring (bicyclic) bond motifs is 1. The van der Waals surface area contributed by atoms with Gasteiger partial charge in [-0.05, 0) is 6.07 Å². The Hall–Kier alpha value is -2.23. The van der Waals surface area contributed by atoms with E-state index in [0.29, 0.717) is 5.82 Å². The quantitative estimate of drug-likeness (QED) is 0.600. The van der Waals surface area contributed by atoms with Crippen molar-refractivity contribution >= 4 is 11.0 Å². The van der Waals surface area contributed by atoms with Gasteiger partial charge in [0.2, 0.25) is 0 Å². The molecule has 0 aliphatic rings. The summed E-state index contributed by atoms with van der Waals surface area (Å²) in [5.74, 6) is 0.634. The van der Waals surface area contributed by atoms with E-state index < -0.39 is 0 Å². The highest BCUT2D eigenvalue weighted by Gasteiger charge is 2.08. The summed E-state index contributed by atoms with van der Waals surface area (Å²) in [4.78, 5) is 12.0. The Kier molecular flexibility index (Phi) is 1.71. The molecule has 15 heavy (non-hydrogen) atoms. The van der Waals surface area contributed by atoms with Gasteiger partial charge in [0, 0.05) is 5.39 Å². The molecule has 0 unspecified atom stereocenters. The Morgan fingerprint density at radius 3 is 2.67 bits per heavy atom. The van der Waals surface area contributed by atoms with E-state index in [1.807, 2.05) is 24.3 Å². The summed E-state index contributed by atoms with van der Waals surface area (Å²) < 4.78 is 5.40.